The molecule has 5 nitrogen and oxygen atoms in total. The van der Waals surface area contributed by atoms with Crippen LogP contribution in [-0.4, -0.2) is 22.3 Å². The zero-order chi connectivity index (χ0) is 19.2. The molecule has 0 amide bonds. The van der Waals surface area contributed by atoms with Gasteiger partial charge < -0.3 is 4.57 Å². The molecule has 0 spiro atoms. The van der Waals surface area contributed by atoms with Gasteiger partial charge in [-0.15, -0.1) is 5.10 Å². The third-order valence-corrected chi connectivity index (χ3v) is 4.34. The molecule has 2 aromatic carbocycles. The van der Waals surface area contributed by atoms with Crippen molar-refractivity contribution >= 4 is 17.7 Å². The van der Waals surface area contributed by atoms with E-state index in [0.29, 0.717) is 16.8 Å². The molecule has 132 valence electrons. The largest absolute Gasteiger partial charge is 0.339 e. The van der Waals surface area contributed by atoms with Crippen molar-refractivity contribution in [1.29, 1.82) is 5.26 Å². The lowest BCUT2D eigenvalue weighted by Gasteiger charge is -2.04. The number of carbonyl (C=O) groups excluding carboxylic acids is 1. The number of nitrogens with zero attached hydrogens (tertiary/aromatic N) is 4. The average Bonchev–Trinajstić information content (AvgIpc) is 3.00. The zero-order valence-electron chi connectivity index (χ0n) is 15.1. The molecule has 0 radical (unpaired) electrons. The molecule has 0 saturated heterocycles. The second-order valence-corrected chi connectivity index (χ2v) is 6.00. The van der Waals surface area contributed by atoms with Crippen molar-refractivity contribution in [2.75, 3.05) is 0 Å². The van der Waals surface area contributed by atoms with Gasteiger partial charge in [-0.1, -0.05) is 60.7 Å². The minimum Gasteiger partial charge on any atom is -0.339 e. The van der Waals surface area contributed by atoms with E-state index in [-0.39, 0.29) is 11.5 Å². The van der Waals surface area contributed by atoms with Crippen molar-refractivity contribution in [3.05, 3.63) is 94.8 Å². The third kappa shape index (κ3) is 3.91. The second-order valence-electron chi connectivity index (χ2n) is 6.00. The highest BCUT2D eigenvalue weighted by Gasteiger charge is 2.16. The minimum atomic E-state index is -0.193. The van der Waals surface area contributed by atoms with Gasteiger partial charge in [-0.3, -0.25) is 4.79 Å². The number of aromatic nitrogens is 1. The SMILES string of the molecule is Cc1c(/C=N/N=C(/C(=O)c2ccccc2)c2ccccc2)cc(C#N)n1C. The lowest BCUT2D eigenvalue weighted by Crippen LogP contribution is -2.15. The van der Waals surface area contributed by atoms with Gasteiger partial charge in [0.15, 0.2) is 0 Å². The van der Waals surface area contributed by atoms with Crippen LogP contribution in [-0.2, 0) is 7.05 Å². The number of hydrogen-bond donors (Lipinski definition) is 0. The molecule has 0 aliphatic rings. The molecule has 3 rings (SSSR count). The van der Waals surface area contributed by atoms with Crippen LogP contribution in [0.15, 0.2) is 76.9 Å². The average molecular weight is 354 g/mol. The van der Waals surface area contributed by atoms with Crippen LogP contribution in [0.25, 0.3) is 0 Å². The number of benzene rings is 2. The van der Waals surface area contributed by atoms with E-state index in [1.165, 1.54) is 0 Å². The molecule has 0 aliphatic heterocycles. The number of hydrogen-bond acceptors (Lipinski definition) is 4. The topological polar surface area (TPSA) is 70.5 Å². The van der Waals surface area contributed by atoms with Crippen LogP contribution >= 0.6 is 0 Å². The van der Waals surface area contributed by atoms with E-state index >= 15 is 0 Å². The predicted octanol–water partition coefficient (Wildman–Crippen LogP) is 3.91. The molecular weight excluding hydrogens is 336 g/mol. The molecule has 0 saturated carbocycles. The van der Waals surface area contributed by atoms with Crippen molar-refractivity contribution in [1.82, 2.24) is 4.57 Å². The highest BCUT2D eigenvalue weighted by molar-refractivity contribution is 6.51. The first kappa shape index (κ1) is 18.0. The van der Waals surface area contributed by atoms with Crippen molar-refractivity contribution in [2.45, 2.75) is 6.92 Å². The molecular formula is C22H18N4O. The standard InChI is InChI=1S/C22H18N4O/c1-16-19(13-20(14-23)26(16)2)15-24-25-21(17-9-5-3-6-10-17)22(27)18-11-7-4-8-12-18/h3-13,15H,1-2H3/b24-15+,25-21+. The van der Waals surface area contributed by atoms with Crippen molar-refractivity contribution in [3.8, 4) is 6.07 Å². The van der Waals surface area contributed by atoms with E-state index in [1.807, 2.05) is 62.5 Å². The van der Waals surface area contributed by atoms with Crippen LogP contribution in [0.3, 0.4) is 0 Å². The Balaban J connectivity index is 1.99. The number of ketones is 1. The van der Waals surface area contributed by atoms with Crippen molar-refractivity contribution in [3.63, 3.8) is 0 Å². The van der Waals surface area contributed by atoms with E-state index in [9.17, 15) is 4.79 Å². The van der Waals surface area contributed by atoms with Gasteiger partial charge in [-0.2, -0.15) is 10.4 Å². The van der Waals surface area contributed by atoms with Crippen LogP contribution in [0.1, 0.15) is 32.9 Å². The summed E-state index contributed by atoms with van der Waals surface area (Å²) in [6, 6.07) is 22.1. The molecule has 5 heteroatoms. The maximum Gasteiger partial charge on any atom is 0.213 e. The molecule has 27 heavy (non-hydrogen) atoms. The lowest BCUT2D eigenvalue weighted by atomic mass is 10.0. The lowest BCUT2D eigenvalue weighted by molar-refractivity contribution is 0.106. The van der Waals surface area contributed by atoms with Crippen LogP contribution in [0, 0.1) is 18.3 Å². The summed E-state index contributed by atoms with van der Waals surface area (Å²) in [5.74, 6) is -0.193. The van der Waals surface area contributed by atoms with Gasteiger partial charge in [0.1, 0.15) is 17.5 Å². The molecule has 0 unspecified atom stereocenters. The van der Waals surface area contributed by atoms with Gasteiger partial charge in [0, 0.05) is 29.4 Å². The minimum absolute atomic E-state index is 0.193. The molecule has 1 heterocycles. The monoisotopic (exact) mass is 354 g/mol. The molecule has 3 aromatic rings. The Morgan fingerprint density at radius 3 is 2.19 bits per heavy atom. The van der Waals surface area contributed by atoms with E-state index in [4.69, 9.17) is 5.26 Å². The van der Waals surface area contributed by atoms with Crippen molar-refractivity contribution < 1.29 is 4.79 Å². The maximum atomic E-state index is 12.9. The van der Waals surface area contributed by atoms with Crippen LogP contribution in [0.2, 0.25) is 0 Å². The summed E-state index contributed by atoms with van der Waals surface area (Å²) in [4.78, 5) is 12.9. The first-order chi connectivity index (χ1) is 13.1. The Kier molecular flexibility index (Phi) is 5.38. The highest BCUT2D eigenvalue weighted by atomic mass is 16.1. The second kappa shape index (κ2) is 8.07. The van der Waals surface area contributed by atoms with E-state index in [2.05, 4.69) is 16.3 Å². The summed E-state index contributed by atoms with van der Waals surface area (Å²) in [7, 11) is 1.82. The Bertz CT molecular complexity index is 1050. The Morgan fingerprint density at radius 2 is 1.63 bits per heavy atom. The molecule has 0 atom stereocenters. The van der Waals surface area contributed by atoms with Gasteiger partial charge in [0.05, 0.1) is 6.21 Å². The molecule has 0 fully saturated rings. The molecule has 0 bridgehead atoms. The number of nitriles is 1. The fraction of sp³-hybridized carbons (Fsp3) is 0.0909. The maximum absolute atomic E-state index is 12.9. The highest BCUT2D eigenvalue weighted by Crippen LogP contribution is 2.12. The Hall–Kier alpha value is -3.78. The summed E-state index contributed by atoms with van der Waals surface area (Å²) in [5.41, 5.74) is 3.76. The molecule has 0 N–H and O–H groups in total. The summed E-state index contributed by atoms with van der Waals surface area (Å²) >= 11 is 0. The molecule has 0 aliphatic carbocycles. The number of Topliss-reactive ketones (excluding diaryl/α,β-unsaturated/α-hetero) is 1. The predicted molar refractivity (Wildman–Crippen MR) is 106 cm³/mol. The normalized spacial score (nSPS) is 11.5. The smallest absolute Gasteiger partial charge is 0.213 e. The summed E-state index contributed by atoms with van der Waals surface area (Å²) in [5, 5.41) is 17.5. The van der Waals surface area contributed by atoms with Crippen LogP contribution in [0.4, 0.5) is 0 Å². The van der Waals surface area contributed by atoms with Gasteiger partial charge in [-0.05, 0) is 13.0 Å². The summed E-state index contributed by atoms with van der Waals surface area (Å²) in [6.07, 6.45) is 1.57. The fourth-order valence-corrected chi connectivity index (χ4v) is 2.67. The van der Waals surface area contributed by atoms with Gasteiger partial charge >= 0.3 is 0 Å². The Morgan fingerprint density at radius 1 is 1.04 bits per heavy atom. The van der Waals surface area contributed by atoms with Gasteiger partial charge in [0.25, 0.3) is 0 Å². The zero-order valence-corrected chi connectivity index (χ0v) is 15.1. The Labute approximate surface area is 157 Å². The first-order valence-electron chi connectivity index (χ1n) is 8.44. The summed E-state index contributed by atoms with van der Waals surface area (Å²) in [6.45, 7) is 1.90. The first-order valence-corrected chi connectivity index (χ1v) is 8.44. The third-order valence-electron chi connectivity index (χ3n) is 4.34. The summed E-state index contributed by atoms with van der Waals surface area (Å²) < 4.78 is 1.79. The van der Waals surface area contributed by atoms with E-state index < -0.39 is 0 Å². The van der Waals surface area contributed by atoms with Crippen molar-refractivity contribution in [2.24, 2.45) is 17.3 Å². The molecule has 1 aromatic heterocycles. The van der Waals surface area contributed by atoms with Crippen LogP contribution in [0.5, 0.6) is 0 Å². The fourth-order valence-electron chi connectivity index (χ4n) is 2.67. The quantitative estimate of drug-likeness (QED) is 0.396. The van der Waals surface area contributed by atoms with Crippen LogP contribution < -0.4 is 0 Å². The van der Waals surface area contributed by atoms with E-state index in [0.717, 1.165) is 11.3 Å². The van der Waals surface area contributed by atoms with Gasteiger partial charge in [0.2, 0.25) is 5.78 Å². The number of rotatable bonds is 5. The van der Waals surface area contributed by atoms with Gasteiger partial charge in [-0.25, -0.2) is 0 Å². The number of carbonyl (C=O) groups is 1. The van der Waals surface area contributed by atoms with E-state index in [1.54, 1.807) is 29.0 Å².